The van der Waals surface area contributed by atoms with Crippen LogP contribution in [0.1, 0.15) is 19.4 Å². The fourth-order valence-electron chi connectivity index (χ4n) is 1.58. The molecule has 106 valence electrons. The third-order valence-electron chi connectivity index (χ3n) is 2.69. The Hall–Kier alpha value is -1.05. The van der Waals surface area contributed by atoms with E-state index < -0.39 is 16.1 Å². The molecule has 0 aliphatic heterocycles. The summed E-state index contributed by atoms with van der Waals surface area (Å²) in [6.45, 7) is 3.74. The number of nitrogens with two attached hydrogens (primary N) is 1. The van der Waals surface area contributed by atoms with Crippen molar-refractivity contribution in [2.24, 2.45) is 11.7 Å². The predicted molar refractivity (Wildman–Crippen MR) is 80.3 cm³/mol. The number of nitrogens with one attached hydrogen (secondary N) is 1. The molecule has 0 saturated heterocycles. The predicted octanol–water partition coefficient (Wildman–Crippen LogP) is 0.854. The first-order chi connectivity index (χ1) is 8.82. The van der Waals surface area contributed by atoms with Crippen molar-refractivity contribution in [2.75, 3.05) is 5.75 Å². The lowest BCUT2D eigenvalue weighted by atomic mass is 10.1. The lowest BCUT2D eigenvalue weighted by Crippen LogP contribution is -2.47. The van der Waals surface area contributed by atoms with E-state index >= 15 is 0 Å². The Kier molecular flexibility index (Phi) is 5.84. The zero-order valence-electron chi connectivity index (χ0n) is 11.0. The molecule has 0 aromatic carbocycles. The first kappa shape index (κ1) is 16.0. The highest BCUT2D eigenvalue weighted by Crippen LogP contribution is 2.06. The van der Waals surface area contributed by atoms with Crippen LogP contribution < -0.4 is 10.5 Å². The van der Waals surface area contributed by atoms with Crippen molar-refractivity contribution in [3.05, 3.63) is 30.1 Å². The standard InChI is InChI=1S/C12H19N3O2S2/c1-9(2)11(12(13)18)15-19(16,17)8-5-10-3-6-14-7-4-10/h3-4,6-7,9,11,15H,5,8H2,1-2H3,(H2,13,18). The molecule has 7 heteroatoms. The van der Waals surface area contributed by atoms with Crippen molar-refractivity contribution in [2.45, 2.75) is 26.3 Å². The van der Waals surface area contributed by atoms with Gasteiger partial charge in [0.25, 0.3) is 0 Å². The van der Waals surface area contributed by atoms with Crippen molar-refractivity contribution in [1.82, 2.24) is 9.71 Å². The Balaban J connectivity index is 2.64. The van der Waals surface area contributed by atoms with E-state index in [4.69, 9.17) is 18.0 Å². The van der Waals surface area contributed by atoms with Crippen molar-refractivity contribution >= 4 is 27.2 Å². The molecule has 1 heterocycles. The highest BCUT2D eigenvalue weighted by Gasteiger charge is 2.22. The van der Waals surface area contributed by atoms with Gasteiger partial charge in [0.15, 0.2) is 0 Å². The van der Waals surface area contributed by atoms with Crippen molar-refractivity contribution in [1.29, 1.82) is 0 Å². The van der Waals surface area contributed by atoms with Gasteiger partial charge in [0.05, 0.1) is 16.8 Å². The summed E-state index contributed by atoms with van der Waals surface area (Å²) >= 11 is 4.88. The molecule has 5 nitrogen and oxygen atoms in total. The highest BCUT2D eigenvalue weighted by molar-refractivity contribution is 7.89. The summed E-state index contributed by atoms with van der Waals surface area (Å²) in [5.41, 5.74) is 6.48. The molecule has 0 amide bonds. The molecular weight excluding hydrogens is 282 g/mol. The van der Waals surface area contributed by atoms with E-state index in [1.54, 1.807) is 24.5 Å². The molecule has 1 unspecified atom stereocenters. The Morgan fingerprint density at radius 3 is 2.47 bits per heavy atom. The van der Waals surface area contributed by atoms with Gasteiger partial charge in [-0.15, -0.1) is 0 Å². The van der Waals surface area contributed by atoms with Crippen LogP contribution in [0, 0.1) is 5.92 Å². The summed E-state index contributed by atoms with van der Waals surface area (Å²) in [6, 6.07) is 3.09. The topological polar surface area (TPSA) is 85.1 Å². The van der Waals surface area contributed by atoms with Crippen molar-refractivity contribution in [3.63, 3.8) is 0 Å². The minimum atomic E-state index is -3.41. The summed E-state index contributed by atoms with van der Waals surface area (Å²) in [7, 11) is -3.41. The van der Waals surface area contributed by atoms with Crippen LogP contribution in [-0.2, 0) is 16.4 Å². The third kappa shape index (κ3) is 5.63. The molecule has 1 atom stereocenters. The van der Waals surface area contributed by atoms with Gasteiger partial charge in [0.2, 0.25) is 10.0 Å². The highest BCUT2D eigenvalue weighted by atomic mass is 32.2. The average molecular weight is 301 g/mol. The van der Waals surface area contributed by atoms with Gasteiger partial charge < -0.3 is 5.73 Å². The number of aromatic nitrogens is 1. The molecule has 0 spiro atoms. The summed E-state index contributed by atoms with van der Waals surface area (Å²) in [5.74, 6) is 0.0243. The molecule has 0 aliphatic carbocycles. The minimum absolute atomic E-state index is 0.00282. The van der Waals surface area contributed by atoms with Gasteiger partial charge in [-0.1, -0.05) is 26.1 Å². The second-order valence-corrected chi connectivity index (χ2v) is 7.01. The Morgan fingerprint density at radius 1 is 1.42 bits per heavy atom. The first-order valence-corrected chi connectivity index (χ1v) is 8.06. The fourth-order valence-corrected chi connectivity index (χ4v) is 3.39. The number of pyridine rings is 1. The number of nitrogens with zero attached hydrogens (tertiary/aromatic N) is 1. The maximum Gasteiger partial charge on any atom is 0.212 e. The molecule has 0 aliphatic rings. The summed E-state index contributed by atoms with van der Waals surface area (Å²) in [4.78, 5) is 4.05. The molecule has 1 aromatic heterocycles. The van der Waals surface area contributed by atoms with Crippen LogP contribution in [0.25, 0.3) is 0 Å². The molecule has 0 fully saturated rings. The summed E-state index contributed by atoms with van der Waals surface area (Å²) in [5, 5.41) is 0. The van der Waals surface area contributed by atoms with Crippen LogP contribution >= 0.6 is 12.2 Å². The van der Waals surface area contributed by atoms with Crippen LogP contribution in [0.5, 0.6) is 0 Å². The number of hydrogen-bond acceptors (Lipinski definition) is 4. The maximum atomic E-state index is 12.0. The van der Waals surface area contributed by atoms with Gasteiger partial charge in [-0.05, 0) is 30.0 Å². The number of thiocarbonyl (C=S) groups is 1. The molecular formula is C12H19N3O2S2. The molecule has 19 heavy (non-hydrogen) atoms. The molecule has 0 saturated carbocycles. The van der Waals surface area contributed by atoms with E-state index in [0.717, 1.165) is 5.56 Å². The second-order valence-electron chi connectivity index (χ2n) is 4.67. The van der Waals surface area contributed by atoms with Gasteiger partial charge in [0, 0.05) is 12.4 Å². The zero-order valence-corrected chi connectivity index (χ0v) is 12.7. The lowest BCUT2D eigenvalue weighted by molar-refractivity contribution is 0.526. The van der Waals surface area contributed by atoms with E-state index in [1.165, 1.54) is 0 Å². The Bertz CT molecular complexity index is 515. The van der Waals surface area contributed by atoms with E-state index in [2.05, 4.69) is 9.71 Å². The van der Waals surface area contributed by atoms with E-state index in [9.17, 15) is 8.42 Å². The smallest absolute Gasteiger partial charge is 0.212 e. The van der Waals surface area contributed by atoms with Crippen LogP contribution in [0.2, 0.25) is 0 Å². The Labute approximate surface area is 119 Å². The molecule has 0 radical (unpaired) electrons. The molecule has 1 rings (SSSR count). The van der Waals surface area contributed by atoms with Gasteiger partial charge in [-0.3, -0.25) is 4.98 Å². The number of sulfonamides is 1. The molecule has 1 aromatic rings. The first-order valence-electron chi connectivity index (χ1n) is 6.00. The van der Waals surface area contributed by atoms with Crippen LogP contribution in [-0.4, -0.2) is 30.2 Å². The zero-order chi connectivity index (χ0) is 14.5. The number of hydrogen-bond donors (Lipinski definition) is 2. The fraction of sp³-hybridized carbons (Fsp3) is 0.500. The molecule has 3 N–H and O–H groups in total. The average Bonchev–Trinajstić information content (AvgIpc) is 2.34. The van der Waals surface area contributed by atoms with Gasteiger partial charge in [0.1, 0.15) is 0 Å². The second kappa shape index (κ2) is 6.93. The van der Waals surface area contributed by atoms with Crippen LogP contribution in [0.15, 0.2) is 24.5 Å². The number of rotatable bonds is 7. The van der Waals surface area contributed by atoms with E-state index in [1.807, 2.05) is 13.8 Å². The van der Waals surface area contributed by atoms with Gasteiger partial charge in [-0.2, -0.15) is 0 Å². The largest absolute Gasteiger partial charge is 0.392 e. The monoisotopic (exact) mass is 301 g/mol. The van der Waals surface area contributed by atoms with Crippen LogP contribution in [0.4, 0.5) is 0 Å². The van der Waals surface area contributed by atoms with E-state index in [-0.39, 0.29) is 16.7 Å². The minimum Gasteiger partial charge on any atom is -0.392 e. The normalized spacial score (nSPS) is 13.4. The Morgan fingerprint density at radius 2 is 2.00 bits per heavy atom. The van der Waals surface area contributed by atoms with Crippen molar-refractivity contribution < 1.29 is 8.42 Å². The van der Waals surface area contributed by atoms with E-state index in [0.29, 0.717) is 6.42 Å². The summed E-state index contributed by atoms with van der Waals surface area (Å²) in [6.07, 6.45) is 3.71. The summed E-state index contributed by atoms with van der Waals surface area (Å²) < 4.78 is 26.5. The lowest BCUT2D eigenvalue weighted by Gasteiger charge is -2.20. The SMILES string of the molecule is CC(C)C(NS(=O)(=O)CCc1ccncc1)C(N)=S. The third-order valence-corrected chi connectivity index (χ3v) is 4.30. The number of aryl methyl sites for hydroxylation is 1. The molecule has 0 bridgehead atoms. The maximum absolute atomic E-state index is 12.0. The van der Waals surface area contributed by atoms with Crippen molar-refractivity contribution in [3.8, 4) is 0 Å². The van der Waals surface area contributed by atoms with Crippen LogP contribution in [0.3, 0.4) is 0 Å². The quantitative estimate of drug-likeness (QED) is 0.729. The van der Waals surface area contributed by atoms with Gasteiger partial charge in [-0.25, -0.2) is 13.1 Å². The van der Waals surface area contributed by atoms with Gasteiger partial charge >= 0.3 is 0 Å².